The van der Waals surface area contributed by atoms with Crippen molar-refractivity contribution in [2.75, 3.05) is 13.1 Å². The van der Waals surface area contributed by atoms with E-state index in [2.05, 4.69) is 22.5 Å². The molecule has 1 aliphatic heterocycles. The van der Waals surface area contributed by atoms with Crippen molar-refractivity contribution in [1.29, 1.82) is 0 Å². The van der Waals surface area contributed by atoms with Crippen molar-refractivity contribution in [3.63, 3.8) is 0 Å². The number of rotatable bonds is 3. The zero-order valence-electron chi connectivity index (χ0n) is 7.60. The van der Waals surface area contributed by atoms with E-state index in [1.807, 2.05) is 0 Å². The number of nitrogens with one attached hydrogen (secondary N) is 3. The van der Waals surface area contributed by atoms with Gasteiger partial charge in [0, 0.05) is 6.04 Å². The topological polar surface area (TPSA) is 62.1 Å². The summed E-state index contributed by atoms with van der Waals surface area (Å²) in [6.45, 7) is 5.89. The first-order chi connectivity index (χ1) is 6.18. The van der Waals surface area contributed by atoms with E-state index in [9.17, 15) is 0 Å². The van der Waals surface area contributed by atoms with Crippen molar-refractivity contribution >= 4 is 17.3 Å². The summed E-state index contributed by atoms with van der Waals surface area (Å²) in [7, 11) is 0. The van der Waals surface area contributed by atoms with Crippen LogP contribution in [0.2, 0.25) is 0 Å². The molecule has 1 heterocycles. The minimum absolute atomic E-state index is 0.256. The molecule has 0 radical (unpaired) electrons. The largest absolute Gasteiger partial charge is 0.376 e. The second-order valence-electron chi connectivity index (χ2n) is 3.14. The highest BCUT2D eigenvalue weighted by molar-refractivity contribution is 7.80. The summed E-state index contributed by atoms with van der Waals surface area (Å²) in [4.78, 5) is 0. The number of nitrogens with two attached hydrogens (primary N) is 1. The maximum Gasteiger partial charge on any atom is 0.169 e. The van der Waals surface area contributed by atoms with E-state index in [1.54, 1.807) is 0 Å². The Kier molecular flexibility index (Phi) is 3.98. The molecule has 1 aliphatic rings. The summed E-state index contributed by atoms with van der Waals surface area (Å²) in [5.41, 5.74) is 5.31. The summed E-state index contributed by atoms with van der Waals surface area (Å²) in [6.07, 6.45) is 2.22. The van der Waals surface area contributed by atoms with Crippen LogP contribution in [0.1, 0.15) is 12.8 Å². The van der Waals surface area contributed by atoms with Crippen LogP contribution in [-0.4, -0.2) is 24.2 Å². The molecule has 0 spiro atoms. The van der Waals surface area contributed by atoms with Crippen LogP contribution >= 0.6 is 12.2 Å². The highest BCUT2D eigenvalue weighted by atomic mass is 32.1. The van der Waals surface area contributed by atoms with Crippen molar-refractivity contribution in [2.24, 2.45) is 5.73 Å². The van der Waals surface area contributed by atoms with Gasteiger partial charge in [-0.2, -0.15) is 0 Å². The van der Waals surface area contributed by atoms with Crippen LogP contribution in [-0.2, 0) is 0 Å². The zero-order chi connectivity index (χ0) is 9.68. The minimum Gasteiger partial charge on any atom is -0.376 e. The van der Waals surface area contributed by atoms with Gasteiger partial charge in [0.05, 0.1) is 5.82 Å². The first-order valence-corrected chi connectivity index (χ1v) is 4.82. The molecule has 0 bridgehead atoms. The van der Waals surface area contributed by atoms with Gasteiger partial charge in [-0.1, -0.05) is 6.58 Å². The number of hydrogen-bond acceptors (Lipinski definition) is 3. The molecular weight excluding hydrogens is 184 g/mol. The lowest BCUT2D eigenvalue weighted by molar-refractivity contribution is 0.408. The summed E-state index contributed by atoms with van der Waals surface area (Å²) < 4.78 is 0. The van der Waals surface area contributed by atoms with Crippen LogP contribution in [0, 0.1) is 0 Å². The lowest BCUT2D eigenvalue weighted by Crippen LogP contribution is -2.43. The molecule has 5 heteroatoms. The van der Waals surface area contributed by atoms with E-state index >= 15 is 0 Å². The SMILES string of the molecule is C=C(NC(N)=S)NC1CCNCC1. The zero-order valence-corrected chi connectivity index (χ0v) is 8.41. The van der Waals surface area contributed by atoms with Gasteiger partial charge in [-0.05, 0) is 38.1 Å². The van der Waals surface area contributed by atoms with Gasteiger partial charge in [0.2, 0.25) is 0 Å². The average molecular weight is 200 g/mol. The second-order valence-corrected chi connectivity index (χ2v) is 3.58. The predicted molar refractivity (Wildman–Crippen MR) is 58.1 cm³/mol. The van der Waals surface area contributed by atoms with E-state index in [0.29, 0.717) is 11.9 Å². The quantitative estimate of drug-likeness (QED) is 0.468. The van der Waals surface area contributed by atoms with Gasteiger partial charge >= 0.3 is 0 Å². The molecule has 0 amide bonds. The molecule has 74 valence electrons. The van der Waals surface area contributed by atoms with Crippen LogP contribution < -0.4 is 21.7 Å². The Hall–Kier alpha value is -0.810. The van der Waals surface area contributed by atoms with Gasteiger partial charge in [0.25, 0.3) is 0 Å². The Morgan fingerprint density at radius 1 is 1.46 bits per heavy atom. The van der Waals surface area contributed by atoms with Crippen LogP contribution in [0.3, 0.4) is 0 Å². The first kappa shape index (κ1) is 10.3. The Bertz CT molecular complexity index is 198. The third-order valence-electron chi connectivity index (χ3n) is 1.99. The molecule has 0 aromatic heterocycles. The fraction of sp³-hybridized carbons (Fsp3) is 0.625. The molecule has 1 rings (SSSR count). The highest BCUT2D eigenvalue weighted by Crippen LogP contribution is 2.02. The third-order valence-corrected chi connectivity index (χ3v) is 2.09. The molecule has 0 aromatic carbocycles. The maximum absolute atomic E-state index is 5.31. The molecule has 5 N–H and O–H groups in total. The fourth-order valence-electron chi connectivity index (χ4n) is 1.40. The first-order valence-electron chi connectivity index (χ1n) is 4.41. The lowest BCUT2D eigenvalue weighted by atomic mass is 10.1. The van der Waals surface area contributed by atoms with Crippen LogP contribution in [0.4, 0.5) is 0 Å². The second kappa shape index (κ2) is 5.04. The van der Waals surface area contributed by atoms with Gasteiger partial charge in [0.15, 0.2) is 5.11 Å². The third kappa shape index (κ3) is 4.10. The van der Waals surface area contributed by atoms with Gasteiger partial charge in [-0.15, -0.1) is 0 Å². The molecule has 1 saturated heterocycles. The molecule has 0 atom stereocenters. The van der Waals surface area contributed by atoms with Crippen molar-refractivity contribution < 1.29 is 0 Å². The standard InChI is InChI=1S/C8H16N4S/c1-6(12-8(9)13)11-7-2-4-10-5-3-7/h7,10-11H,1-5H2,(H3,9,12,13). The number of piperidine rings is 1. The van der Waals surface area contributed by atoms with E-state index in [1.165, 1.54) is 0 Å². The van der Waals surface area contributed by atoms with E-state index in [4.69, 9.17) is 18.0 Å². The van der Waals surface area contributed by atoms with Crippen molar-refractivity contribution in [3.05, 3.63) is 12.4 Å². The van der Waals surface area contributed by atoms with Gasteiger partial charge < -0.3 is 21.7 Å². The van der Waals surface area contributed by atoms with Crippen molar-refractivity contribution in [2.45, 2.75) is 18.9 Å². The molecule has 0 saturated carbocycles. The number of hydrogen-bond donors (Lipinski definition) is 4. The Balaban J connectivity index is 2.22. The Labute approximate surface area is 83.9 Å². The Morgan fingerprint density at radius 3 is 2.62 bits per heavy atom. The summed E-state index contributed by atoms with van der Waals surface area (Å²) in [6, 6.07) is 0.482. The molecule has 1 fully saturated rings. The number of thiocarbonyl (C=S) groups is 1. The predicted octanol–water partition coefficient (Wildman–Crippen LogP) is -0.368. The molecule has 0 aromatic rings. The highest BCUT2D eigenvalue weighted by Gasteiger charge is 2.12. The van der Waals surface area contributed by atoms with Gasteiger partial charge in [0.1, 0.15) is 0 Å². The van der Waals surface area contributed by atoms with E-state index in [-0.39, 0.29) is 5.11 Å². The van der Waals surface area contributed by atoms with Gasteiger partial charge in [-0.25, -0.2) is 0 Å². The van der Waals surface area contributed by atoms with Crippen LogP contribution in [0.25, 0.3) is 0 Å². The van der Waals surface area contributed by atoms with E-state index < -0.39 is 0 Å². The summed E-state index contributed by atoms with van der Waals surface area (Å²) >= 11 is 4.69. The molecule has 4 nitrogen and oxygen atoms in total. The normalized spacial score (nSPS) is 17.8. The van der Waals surface area contributed by atoms with Crippen LogP contribution in [0.15, 0.2) is 12.4 Å². The molecule has 0 aliphatic carbocycles. The van der Waals surface area contributed by atoms with E-state index in [0.717, 1.165) is 25.9 Å². The Morgan fingerprint density at radius 2 is 2.08 bits per heavy atom. The molecular formula is C8H16N4S. The van der Waals surface area contributed by atoms with Gasteiger partial charge in [-0.3, -0.25) is 0 Å². The lowest BCUT2D eigenvalue weighted by Gasteiger charge is -2.25. The average Bonchev–Trinajstić information content (AvgIpc) is 2.04. The van der Waals surface area contributed by atoms with Crippen molar-refractivity contribution in [3.8, 4) is 0 Å². The fourth-order valence-corrected chi connectivity index (χ4v) is 1.52. The minimum atomic E-state index is 0.256. The molecule has 0 unspecified atom stereocenters. The van der Waals surface area contributed by atoms with Crippen LogP contribution in [0.5, 0.6) is 0 Å². The van der Waals surface area contributed by atoms with Crippen molar-refractivity contribution in [1.82, 2.24) is 16.0 Å². The molecule has 13 heavy (non-hydrogen) atoms. The monoisotopic (exact) mass is 200 g/mol. The summed E-state index contributed by atoms with van der Waals surface area (Å²) in [5, 5.41) is 9.55. The maximum atomic E-state index is 5.31. The summed E-state index contributed by atoms with van der Waals surface area (Å²) in [5.74, 6) is 0.694. The smallest absolute Gasteiger partial charge is 0.169 e.